The molecule has 0 saturated carbocycles. The van der Waals surface area contributed by atoms with E-state index in [-0.39, 0.29) is 6.04 Å². The smallest absolute Gasteiger partial charge is 0.156 e. The fraction of sp³-hybridized carbons (Fsp3) is 0.130. The molecule has 1 aromatic heterocycles. The zero-order valence-electron chi connectivity index (χ0n) is 15.1. The number of rotatable bonds is 5. The minimum absolute atomic E-state index is 0.215. The van der Waals surface area contributed by atoms with Crippen molar-refractivity contribution in [3.63, 3.8) is 0 Å². The molecule has 0 amide bonds. The lowest BCUT2D eigenvalue weighted by Gasteiger charge is -2.22. The number of fused-ring (bicyclic) bond motifs is 1. The summed E-state index contributed by atoms with van der Waals surface area (Å²) in [6.45, 7) is 1.94. The van der Waals surface area contributed by atoms with Gasteiger partial charge in [-0.3, -0.25) is 0 Å². The van der Waals surface area contributed by atoms with Crippen molar-refractivity contribution in [1.29, 1.82) is 0 Å². The van der Waals surface area contributed by atoms with Crippen LogP contribution in [0.5, 0.6) is 0 Å². The first kappa shape index (κ1) is 17.2. The number of hydrogen-bond acceptors (Lipinski definition) is 4. The molecular weight excluding hydrogens is 334 g/mol. The van der Waals surface area contributed by atoms with Gasteiger partial charge in [-0.2, -0.15) is 0 Å². The quantitative estimate of drug-likeness (QED) is 0.538. The molecule has 0 spiro atoms. The van der Waals surface area contributed by atoms with Crippen LogP contribution in [0.1, 0.15) is 18.6 Å². The third-order valence-corrected chi connectivity index (χ3v) is 4.71. The molecule has 0 bridgehead atoms. The Morgan fingerprint density at radius 3 is 2.04 bits per heavy atom. The molecule has 0 aliphatic carbocycles. The lowest BCUT2D eigenvalue weighted by atomic mass is 10.0. The Kier molecular flexibility index (Phi) is 4.81. The summed E-state index contributed by atoms with van der Waals surface area (Å²) in [4.78, 5) is 0. The van der Waals surface area contributed by atoms with Crippen molar-refractivity contribution in [2.75, 3.05) is 5.32 Å². The first-order valence-corrected chi connectivity index (χ1v) is 9.04. The Morgan fingerprint density at radius 1 is 0.741 bits per heavy atom. The lowest BCUT2D eigenvalue weighted by molar-refractivity contribution is 0.160. The van der Waals surface area contributed by atoms with Gasteiger partial charge in [0.1, 0.15) is 5.69 Å². The molecule has 4 heteroatoms. The zero-order chi connectivity index (χ0) is 18.6. The van der Waals surface area contributed by atoms with Crippen LogP contribution in [0.15, 0.2) is 84.9 Å². The van der Waals surface area contributed by atoms with Crippen LogP contribution in [0.4, 0.5) is 5.82 Å². The molecule has 4 aromatic rings. The molecule has 2 N–H and O–H groups in total. The number of hydrogen-bond donors (Lipinski definition) is 2. The average Bonchev–Trinajstić information content (AvgIpc) is 2.74. The van der Waals surface area contributed by atoms with E-state index in [0.29, 0.717) is 5.82 Å². The van der Waals surface area contributed by atoms with E-state index >= 15 is 0 Å². The molecule has 27 heavy (non-hydrogen) atoms. The normalized spacial score (nSPS) is 13.3. The maximum atomic E-state index is 10.6. The number of aromatic nitrogens is 2. The minimum atomic E-state index is -0.638. The van der Waals surface area contributed by atoms with Crippen LogP contribution in [0.3, 0.4) is 0 Å². The Labute approximate surface area is 158 Å². The van der Waals surface area contributed by atoms with Crippen LogP contribution in [-0.4, -0.2) is 21.3 Å². The number of aliphatic hydroxyl groups excluding tert-OH is 1. The molecule has 0 aliphatic rings. The Hall–Kier alpha value is -3.24. The average molecular weight is 355 g/mol. The highest BCUT2D eigenvalue weighted by atomic mass is 16.3. The van der Waals surface area contributed by atoms with Gasteiger partial charge in [-0.1, -0.05) is 84.9 Å². The second-order valence-electron chi connectivity index (χ2n) is 6.60. The van der Waals surface area contributed by atoms with E-state index in [1.807, 2.05) is 85.8 Å². The second-order valence-corrected chi connectivity index (χ2v) is 6.60. The van der Waals surface area contributed by atoms with E-state index in [0.717, 1.165) is 27.6 Å². The summed E-state index contributed by atoms with van der Waals surface area (Å²) < 4.78 is 0. The number of anilines is 1. The summed E-state index contributed by atoms with van der Waals surface area (Å²) in [7, 11) is 0. The number of nitrogens with one attached hydrogen (secondary N) is 1. The van der Waals surface area contributed by atoms with Gasteiger partial charge in [0.15, 0.2) is 5.82 Å². The molecule has 2 atom stereocenters. The Morgan fingerprint density at radius 2 is 1.33 bits per heavy atom. The molecule has 0 aliphatic heterocycles. The second kappa shape index (κ2) is 7.56. The lowest BCUT2D eigenvalue weighted by Crippen LogP contribution is -2.25. The molecule has 3 aromatic carbocycles. The van der Waals surface area contributed by atoms with Crippen molar-refractivity contribution >= 4 is 16.6 Å². The van der Waals surface area contributed by atoms with E-state index < -0.39 is 6.10 Å². The monoisotopic (exact) mass is 355 g/mol. The Bertz CT molecular complexity index is 1040. The van der Waals surface area contributed by atoms with E-state index in [1.54, 1.807) is 0 Å². The van der Waals surface area contributed by atoms with Crippen LogP contribution in [0.2, 0.25) is 0 Å². The van der Waals surface area contributed by atoms with Gasteiger partial charge < -0.3 is 10.4 Å². The summed E-state index contributed by atoms with van der Waals surface area (Å²) in [5.41, 5.74) is 2.76. The van der Waals surface area contributed by atoms with Crippen LogP contribution in [-0.2, 0) is 0 Å². The maximum absolute atomic E-state index is 10.6. The van der Waals surface area contributed by atoms with Crippen LogP contribution < -0.4 is 5.32 Å². The molecule has 4 rings (SSSR count). The zero-order valence-corrected chi connectivity index (χ0v) is 15.1. The number of aliphatic hydroxyl groups is 1. The van der Waals surface area contributed by atoms with E-state index in [9.17, 15) is 5.11 Å². The van der Waals surface area contributed by atoms with Gasteiger partial charge in [-0.15, -0.1) is 10.2 Å². The predicted octanol–water partition coefficient (Wildman–Crippen LogP) is 4.83. The van der Waals surface area contributed by atoms with Crippen LogP contribution in [0, 0.1) is 0 Å². The van der Waals surface area contributed by atoms with Crippen molar-refractivity contribution in [1.82, 2.24) is 10.2 Å². The van der Waals surface area contributed by atoms with Crippen molar-refractivity contribution < 1.29 is 5.11 Å². The molecule has 1 heterocycles. The van der Waals surface area contributed by atoms with Gasteiger partial charge >= 0.3 is 0 Å². The number of nitrogens with zero attached hydrogens (tertiary/aromatic N) is 2. The standard InChI is InChI=1S/C23H21N3O/c1-16(22(27)18-12-6-3-7-13-18)24-23-20-15-9-8-14-19(20)21(25-26-23)17-10-4-2-5-11-17/h2-16,22,27H,1H3,(H,24,26). The van der Waals surface area contributed by atoms with E-state index in [1.165, 1.54) is 0 Å². The fourth-order valence-electron chi connectivity index (χ4n) is 3.25. The molecule has 0 saturated heterocycles. The van der Waals surface area contributed by atoms with Gasteiger partial charge in [0.25, 0.3) is 0 Å². The van der Waals surface area contributed by atoms with Gasteiger partial charge in [0, 0.05) is 16.3 Å². The molecule has 0 fully saturated rings. The predicted molar refractivity (Wildman–Crippen MR) is 109 cm³/mol. The van der Waals surface area contributed by atoms with Crippen LogP contribution >= 0.6 is 0 Å². The first-order valence-electron chi connectivity index (χ1n) is 9.04. The molecule has 4 nitrogen and oxygen atoms in total. The summed E-state index contributed by atoms with van der Waals surface area (Å²) in [5.74, 6) is 0.674. The highest BCUT2D eigenvalue weighted by Crippen LogP contribution is 2.30. The topological polar surface area (TPSA) is 58.0 Å². The molecule has 134 valence electrons. The van der Waals surface area contributed by atoms with Gasteiger partial charge in [-0.25, -0.2) is 0 Å². The molecule has 0 radical (unpaired) electrons. The summed E-state index contributed by atoms with van der Waals surface area (Å²) in [6, 6.07) is 27.5. The summed E-state index contributed by atoms with van der Waals surface area (Å²) in [6.07, 6.45) is -0.638. The third kappa shape index (κ3) is 3.52. The largest absolute Gasteiger partial charge is 0.386 e. The van der Waals surface area contributed by atoms with Crippen molar-refractivity contribution in [3.8, 4) is 11.3 Å². The molecule has 2 unspecified atom stereocenters. The van der Waals surface area contributed by atoms with Crippen molar-refractivity contribution in [2.24, 2.45) is 0 Å². The van der Waals surface area contributed by atoms with Gasteiger partial charge in [-0.05, 0) is 12.5 Å². The first-order chi connectivity index (χ1) is 13.2. The fourth-order valence-corrected chi connectivity index (χ4v) is 3.25. The van der Waals surface area contributed by atoms with Crippen LogP contribution in [0.25, 0.3) is 22.0 Å². The van der Waals surface area contributed by atoms with Crippen molar-refractivity contribution in [2.45, 2.75) is 19.1 Å². The van der Waals surface area contributed by atoms with E-state index in [2.05, 4.69) is 21.6 Å². The minimum Gasteiger partial charge on any atom is -0.386 e. The molecular formula is C23H21N3O. The third-order valence-electron chi connectivity index (χ3n) is 4.71. The highest BCUT2D eigenvalue weighted by molar-refractivity contribution is 6.00. The van der Waals surface area contributed by atoms with Crippen molar-refractivity contribution in [3.05, 3.63) is 90.5 Å². The summed E-state index contributed by atoms with van der Waals surface area (Å²) in [5, 5.41) is 24.9. The SMILES string of the molecule is CC(Nc1nnc(-c2ccccc2)c2ccccc12)C(O)c1ccccc1. The van der Waals surface area contributed by atoms with Gasteiger partial charge in [0.2, 0.25) is 0 Å². The van der Waals surface area contributed by atoms with E-state index in [4.69, 9.17) is 0 Å². The Balaban J connectivity index is 1.69. The van der Waals surface area contributed by atoms with Gasteiger partial charge in [0.05, 0.1) is 12.1 Å². The maximum Gasteiger partial charge on any atom is 0.156 e. The highest BCUT2D eigenvalue weighted by Gasteiger charge is 2.18. The summed E-state index contributed by atoms with van der Waals surface area (Å²) >= 11 is 0. The number of benzene rings is 3.